The molecule has 22 heavy (non-hydrogen) atoms. The fourth-order valence-corrected chi connectivity index (χ4v) is 4.72. The topological polar surface area (TPSA) is 35.5 Å². The molecule has 1 aliphatic rings. The molecule has 0 saturated carbocycles. The van der Waals surface area contributed by atoms with Crippen molar-refractivity contribution < 1.29 is 5.11 Å². The predicted molar refractivity (Wildman–Crippen MR) is 96.3 cm³/mol. The van der Waals surface area contributed by atoms with E-state index in [1.54, 1.807) is 11.3 Å². The van der Waals surface area contributed by atoms with Crippen LogP contribution in [0.4, 0.5) is 10.7 Å². The fourth-order valence-electron chi connectivity index (χ4n) is 2.61. The number of thioether (sulfide) groups is 1. The van der Waals surface area contributed by atoms with Gasteiger partial charge in [-0.1, -0.05) is 26.0 Å². The van der Waals surface area contributed by atoms with Crippen LogP contribution in [0.1, 0.15) is 31.4 Å². The molecular formula is C17H22N2OS2. The van der Waals surface area contributed by atoms with Crippen molar-refractivity contribution in [2.24, 2.45) is 0 Å². The number of nitrogens with one attached hydrogen (secondary N) is 1. The second-order valence-electron chi connectivity index (χ2n) is 5.54. The lowest BCUT2D eigenvalue weighted by Crippen LogP contribution is -2.28. The third kappa shape index (κ3) is 3.33. The molecule has 2 unspecified atom stereocenters. The zero-order valence-corrected chi connectivity index (χ0v) is 14.6. The number of rotatable bonds is 5. The molecule has 2 heterocycles. The van der Waals surface area contributed by atoms with E-state index in [1.807, 2.05) is 17.8 Å². The highest BCUT2D eigenvalue weighted by atomic mass is 32.2. The number of hydrogen-bond acceptors (Lipinski definition) is 5. The third-order valence-corrected chi connectivity index (χ3v) is 5.97. The van der Waals surface area contributed by atoms with Gasteiger partial charge in [0, 0.05) is 21.6 Å². The summed E-state index contributed by atoms with van der Waals surface area (Å²) < 4.78 is 0. The second kappa shape index (κ2) is 7.04. The molecule has 0 spiro atoms. The summed E-state index contributed by atoms with van der Waals surface area (Å²) >= 11 is 3.60. The Morgan fingerprint density at radius 2 is 2.14 bits per heavy atom. The molecule has 0 bridgehead atoms. The molecule has 2 atom stereocenters. The fraction of sp³-hybridized carbons (Fsp3) is 0.412. The third-order valence-electron chi connectivity index (χ3n) is 3.66. The van der Waals surface area contributed by atoms with E-state index in [2.05, 4.69) is 54.4 Å². The van der Waals surface area contributed by atoms with Crippen molar-refractivity contribution in [1.29, 1.82) is 0 Å². The van der Waals surface area contributed by atoms with E-state index in [0.29, 0.717) is 5.25 Å². The number of hydrogen-bond donors (Lipinski definition) is 2. The quantitative estimate of drug-likeness (QED) is 0.796. The van der Waals surface area contributed by atoms with E-state index in [-0.39, 0.29) is 0 Å². The Hall–Kier alpha value is -1.01. The molecule has 5 heteroatoms. The Kier molecular flexibility index (Phi) is 5.08. The Labute approximate surface area is 140 Å². The van der Waals surface area contributed by atoms with Crippen molar-refractivity contribution in [3.8, 4) is 0 Å². The molecule has 3 rings (SSSR count). The molecular weight excluding hydrogens is 312 g/mol. The Morgan fingerprint density at radius 1 is 1.32 bits per heavy atom. The number of thiophene rings is 1. The monoisotopic (exact) mass is 334 g/mol. The average Bonchev–Trinajstić information content (AvgIpc) is 3.01. The number of fused-ring (bicyclic) bond motifs is 1. The van der Waals surface area contributed by atoms with E-state index in [1.165, 1.54) is 15.6 Å². The SMILES string of the molecule is CCCNC(O)c1ccc(N2CC(C)Sc3ccccc32)s1. The van der Waals surface area contributed by atoms with Crippen molar-refractivity contribution in [3.63, 3.8) is 0 Å². The Bertz CT molecular complexity index is 629. The van der Waals surface area contributed by atoms with Gasteiger partial charge in [0.2, 0.25) is 0 Å². The van der Waals surface area contributed by atoms with Crippen LogP contribution in [0.25, 0.3) is 0 Å². The summed E-state index contributed by atoms with van der Waals surface area (Å²) in [6, 6.07) is 12.7. The van der Waals surface area contributed by atoms with E-state index < -0.39 is 6.23 Å². The first-order valence-electron chi connectivity index (χ1n) is 7.73. The van der Waals surface area contributed by atoms with Crippen LogP contribution in [0, 0.1) is 0 Å². The van der Waals surface area contributed by atoms with Gasteiger partial charge in [0.15, 0.2) is 0 Å². The number of aliphatic hydroxyl groups is 1. The summed E-state index contributed by atoms with van der Waals surface area (Å²) in [5.74, 6) is 0. The average molecular weight is 335 g/mol. The minimum absolute atomic E-state index is 0.559. The summed E-state index contributed by atoms with van der Waals surface area (Å²) in [5, 5.41) is 15.1. The summed E-state index contributed by atoms with van der Waals surface area (Å²) in [6.45, 7) is 6.19. The lowest BCUT2D eigenvalue weighted by Gasteiger charge is -2.33. The van der Waals surface area contributed by atoms with Crippen LogP contribution in [0.2, 0.25) is 0 Å². The predicted octanol–water partition coefficient (Wildman–Crippen LogP) is 4.37. The van der Waals surface area contributed by atoms with E-state index in [4.69, 9.17) is 0 Å². The van der Waals surface area contributed by atoms with Crippen molar-refractivity contribution in [2.75, 3.05) is 18.0 Å². The van der Waals surface area contributed by atoms with Crippen LogP contribution in [-0.2, 0) is 0 Å². The molecule has 0 radical (unpaired) electrons. The highest BCUT2D eigenvalue weighted by Crippen LogP contribution is 2.44. The largest absolute Gasteiger partial charge is 0.373 e. The van der Waals surface area contributed by atoms with Crippen LogP contribution in [-0.4, -0.2) is 23.4 Å². The first-order valence-corrected chi connectivity index (χ1v) is 9.43. The molecule has 1 aliphatic heterocycles. The molecule has 3 nitrogen and oxygen atoms in total. The highest BCUT2D eigenvalue weighted by molar-refractivity contribution is 8.00. The smallest absolute Gasteiger partial charge is 0.140 e. The van der Waals surface area contributed by atoms with Crippen LogP contribution in [0.5, 0.6) is 0 Å². The van der Waals surface area contributed by atoms with Gasteiger partial charge in [-0.3, -0.25) is 5.32 Å². The Morgan fingerprint density at radius 3 is 2.95 bits per heavy atom. The van der Waals surface area contributed by atoms with Gasteiger partial charge < -0.3 is 10.0 Å². The lowest BCUT2D eigenvalue weighted by atomic mass is 10.2. The first-order chi connectivity index (χ1) is 10.7. The van der Waals surface area contributed by atoms with E-state index >= 15 is 0 Å². The van der Waals surface area contributed by atoms with Gasteiger partial charge >= 0.3 is 0 Å². The maximum atomic E-state index is 10.2. The van der Waals surface area contributed by atoms with Crippen molar-refractivity contribution in [2.45, 2.75) is 36.6 Å². The van der Waals surface area contributed by atoms with Gasteiger partial charge in [0.25, 0.3) is 0 Å². The normalized spacial score (nSPS) is 19.0. The molecule has 1 aromatic carbocycles. The molecule has 0 amide bonds. The van der Waals surface area contributed by atoms with Crippen LogP contribution < -0.4 is 10.2 Å². The van der Waals surface area contributed by atoms with E-state index in [9.17, 15) is 5.11 Å². The zero-order valence-electron chi connectivity index (χ0n) is 13.0. The number of anilines is 2. The van der Waals surface area contributed by atoms with Gasteiger partial charge in [0.1, 0.15) is 6.23 Å². The summed E-state index contributed by atoms with van der Waals surface area (Å²) in [6.07, 6.45) is 0.453. The maximum Gasteiger partial charge on any atom is 0.140 e. The van der Waals surface area contributed by atoms with Crippen LogP contribution in [0.15, 0.2) is 41.3 Å². The van der Waals surface area contributed by atoms with E-state index in [0.717, 1.165) is 24.4 Å². The summed E-state index contributed by atoms with van der Waals surface area (Å²) in [5.41, 5.74) is 1.27. The minimum atomic E-state index is -0.564. The van der Waals surface area contributed by atoms with Gasteiger partial charge in [-0.2, -0.15) is 0 Å². The summed E-state index contributed by atoms with van der Waals surface area (Å²) in [7, 11) is 0. The summed E-state index contributed by atoms with van der Waals surface area (Å²) in [4.78, 5) is 4.68. The lowest BCUT2D eigenvalue weighted by molar-refractivity contribution is 0.143. The van der Waals surface area contributed by atoms with Crippen LogP contribution >= 0.6 is 23.1 Å². The second-order valence-corrected chi connectivity index (χ2v) is 8.11. The van der Waals surface area contributed by atoms with Crippen LogP contribution in [0.3, 0.4) is 0 Å². The minimum Gasteiger partial charge on any atom is -0.373 e. The zero-order chi connectivity index (χ0) is 15.5. The van der Waals surface area contributed by atoms with Crippen molar-refractivity contribution in [1.82, 2.24) is 5.32 Å². The van der Waals surface area contributed by atoms with Crippen molar-refractivity contribution in [3.05, 3.63) is 41.3 Å². The molecule has 1 aromatic heterocycles. The van der Waals surface area contributed by atoms with Gasteiger partial charge in [-0.05, 0) is 37.2 Å². The van der Waals surface area contributed by atoms with Gasteiger partial charge in [-0.15, -0.1) is 23.1 Å². The molecule has 118 valence electrons. The number of para-hydroxylation sites is 1. The van der Waals surface area contributed by atoms with Crippen molar-refractivity contribution >= 4 is 33.8 Å². The highest BCUT2D eigenvalue weighted by Gasteiger charge is 2.24. The standard InChI is InChI=1S/C17H22N2OS2/c1-3-10-18-17(20)15-8-9-16(22-15)19-11-12(2)21-14-7-5-4-6-13(14)19/h4-9,12,17-18,20H,3,10-11H2,1-2H3. The van der Waals surface area contributed by atoms with Gasteiger partial charge in [-0.25, -0.2) is 0 Å². The molecule has 2 N–H and O–H groups in total. The van der Waals surface area contributed by atoms with Gasteiger partial charge in [0.05, 0.1) is 10.7 Å². The Balaban J connectivity index is 1.84. The number of aliphatic hydroxyl groups excluding tert-OH is 1. The molecule has 0 fully saturated rings. The molecule has 0 aliphatic carbocycles. The molecule has 2 aromatic rings. The first kappa shape index (κ1) is 15.9. The maximum absolute atomic E-state index is 10.2. The number of benzene rings is 1. The number of nitrogens with zero attached hydrogens (tertiary/aromatic N) is 1. The molecule has 0 saturated heterocycles.